The van der Waals surface area contributed by atoms with E-state index in [4.69, 9.17) is 0 Å². The van der Waals surface area contributed by atoms with Crippen LogP contribution in [-0.2, 0) is 0 Å². The fraction of sp³-hybridized carbons (Fsp3) is 0.0345. The zero-order valence-corrected chi connectivity index (χ0v) is 36.4. The topological polar surface area (TPSA) is 0 Å². The highest BCUT2D eigenvalue weighted by Crippen LogP contribution is 2.58. The summed E-state index contributed by atoms with van der Waals surface area (Å²) in [7, 11) is -4.69. The highest BCUT2D eigenvalue weighted by Gasteiger charge is 2.55. The molecule has 0 saturated heterocycles. The van der Waals surface area contributed by atoms with Gasteiger partial charge in [0.25, 0.3) is 0 Å². The summed E-state index contributed by atoms with van der Waals surface area (Å²) in [6.45, 7) is 0. The van der Waals surface area contributed by atoms with E-state index in [9.17, 15) is 0 Å². The van der Waals surface area contributed by atoms with Crippen LogP contribution >= 0.6 is 15.8 Å². The van der Waals surface area contributed by atoms with Crippen LogP contribution in [0.5, 0.6) is 0 Å². The minimum Gasteiger partial charge on any atom is -0.0623 e. The first-order valence-electron chi connectivity index (χ1n) is 21.3. The van der Waals surface area contributed by atoms with Gasteiger partial charge in [0.15, 0.2) is 8.07 Å². The molecular formula is C58H42P2Si. The van der Waals surface area contributed by atoms with Crippen molar-refractivity contribution in [3.63, 3.8) is 0 Å². The van der Waals surface area contributed by atoms with Gasteiger partial charge in [0.1, 0.15) is 0 Å². The predicted octanol–water partition coefficient (Wildman–Crippen LogP) is 10.4. The molecule has 0 aliphatic carbocycles. The van der Waals surface area contributed by atoms with Gasteiger partial charge in [0.05, 0.1) is 0 Å². The molecule has 0 N–H and O–H groups in total. The van der Waals surface area contributed by atoms with Crippen molar-refractivity contribution in [2.75, 3.05) is 0 Å². The van der Waals surface area contributed by atoms with Crippen LogP contribution in [0, 0.1) is 0 Å². The molecule has 0 radical (unpaired) electrons. The van der Waals surface area contributed by atoms with E-state index in [0.29, 0.717) is 0 Å². The third-order valence-electron chi connectivity index (χ3n) is 13.3. The molecule has 10 aromatic carbocycles. The smallest absolute Gasteiger partial charge is 0.0623 e. The minimum absolute atomic E-state index is 0.169. The lowest BCUT2D eigenvalue weighted by Gasteiger charge is -2.50. The van der Waals surface area contributed by atoms with Crippen molar-refractivity contribution >= 4 is 87.4 Å². The molecule has 2 aliphatic rings. The summed E-state index contributed by atoms with van der Waals surface area (Å²) in [6.07, 6.45) is 0. The summed E-state index contributed by atoms with van der Waals surface area (Å²) in [4.78, 5) is 0. The molecule has 1 spiro atoms. The van der Waals surface area contributed by atoms with E-state index >= 15 is 0 Å². The van der Waals surface area contributed by atoms with E-state index in [0.717, 1.165) is 0 Å². The Morgan fingerprint density at radius 2 is 0.557 bits per heavy atom. The molecule has 12 rings (SSSR count). The van der Waals surface area contributed by atoms with Crippen molar-refractivity contribution < 1.29 is 0 Å². The second-order valence-corrected chi connectivity index (χ2v) is 24.5. The molecule has 0 fully saturated rings. The van der Waals surface area contributed by atoms with Gasteiger partial charge in [-0.25, -0.2) is 0 Å². The summed E-state index contributed by atoms with van der Waals surface area (Å²) < 4.78 is 0. The number of benzene rings is 10. The maximum Gasteiger partial charge on any atom is 0.180 e. The van der Waals surface area contributed by atoms with Gasteiger partial charge in [-0.3, -0.25) is 0 Å². The molecule has 0 bridgehead atoms. The molecule has 3 heteroatoms. The molecule has 0 saturated carbocycles. The lowest BCUT2D eigenvalue weighted by Crippen LogP contribution is -2.80. The van der Waals surface area contributed by atoms with E-state index in [1.165, 1.54) is 85.8 Å². The third-order valence-corrected chi connectivity index (χ3v) is 24.0. The molecule has 0 nitrogen and oxygen atoms in total. The second-order valence-electron chi connectivity index (χ2n) is 16.3. The lowest BCUT2D eigenvalue weighted by molar-refractivity contribution is 1.13. The number of fused-ring (bicyclic) bond motifs is 10. The first-order chi connectivity index (χ1) is 30.3. The van der Waals surface area contributed by atoms with E-state index < -0.39 is 23.9 Å². The van der Waals surface area contributed by atoms with Crippen LogP contribution in [0.25, 0.3) is 21.5 Å². The molecule has 2 aliphatic heterocycles. The molecule has 2 unspecified atom stereocenters. The molecule has 288 valence electrons. The molecule has 0 aromatic heterocycles. The van der Waals surface area contributed by atoms with Gasteiger partial charge < -0.3 is 0 Å². The van der Waals surface area contributed by atoms with Gasteiger partial charge in [0, 0.05) is 11.3 Å². The first kappa shape index (κ1) is 36.6. The second kappa shape index (κ2) is 15.1. The van der Waals surface area contributed by atoms with E-state index in [-0.39, 0.29) is 11.3 Å². The highest BCUT2D eigenvalue weighted by molar-refractivity contribution is 7.74. The maximum atomic E-state index is 2.53. The van der Waals surface area contributed by atoms with Crippen molar-refractivity contribution in [2.24, 2.45) is 0 Å². The van der Waals surface area contributed by atoms with Crippen LogP contribution in [0.2, 0.25) is 0 Å². The quantitative estimate of drug-likeness (QED) is 0.116. The van der Waals surface area contributed by atoms with Crippen LogP contribution in [-0.4, -0.2) is 8.07 Å². The van der Waals surface area contributed by atoms with Crippen molar-refractivity contribution in [3.05, 3.63) is 265 Å². The normalized spacial score (nSPS) is 18.4. The number of hydrogen-bond donors (Lipinski definition) is 0. The molecular weight excluding hydrogens is 787 g/mol. The number of rotatable bonds is 6. The van der Waals surface area contributed by atoms with Crippen LogP contribution in [0.4, 0.5) is 0 Å². The Morgan fingerprint density at radius 1 is 0.262 bits per heavy atom. The molecule has 2 atom stereocenters. The first-order valence-corrected chi connectivity index (χ1v) is 26.2. The zero-order valence-electron chi connectivity index (χ0n) is 33.6. The van der Waals surface area contributed by atoms with Gasteiger partial charge in [-0.1, -0.05) is 243 Å². The Hall–Kier alpha value is -6.20. The van der Waals surface area contributed by atoms with E-state index in [1.807, 2.05) is 0 Å². The zero-order chi connectivity index (χ0) is 40.3. The molecule has 10 aromatic rings. The Labute approximate surface area is 361 Å². The predicted molar refractivity (Wildman–Crippen MR) is 267 cm³/mol. The maximum absolute atomic E-state index is 2.92. The molecule has 61 heavy (non-hydrogen) atoms. The lowest BCUT2D eigenvalue weighted by atomic mass is 10.0. The average molecular weight is 829 g/mol. The van der Waals surface area contributed by atoms with E-state index in [2.05, 4.69) is 243 Å². The van der Waals surface area contributed by atoms with Crippen LogP contribution < -0.4 is 42.0 Å². The summed E-state index contributed by atoms with van der Waals surface area (Å²) in [5.41, 5.74) is 6.28. The average Bonchev–Trinajstić information content (AvgIpc) is 3.34. The summed E-state index contributed by atoms with van der Waals surface area (Å²) in [5, 5.41) is 17.2. The Kier molecular flexibility index (Phi) is 9.04. The monoisotopic (exact) mass is 828 g/mol. The van der Waals surface area contributed by atoms with Gasteiger partial charge in [0.2, 0.25) is 0 Å². The molecule has 0 amide bonds. The van der Waals surface area contributed by atoms with Crippen LogP contribution in [0.3, 0.4) is 0 Å². The Morgan fingerprint density at radius 3 is 0.934 bits per heavy atom. The Bertz CT molecular complexity index is 2920. The minimum atomic E-state index is -2.92. The van der Waals surface area contributed by atoms with Crippen molar-refractivity contribution in [2.45, 2.75) is 11.3 Å². The van der Waals surface area contributed by atoms with Gasteiger partial charge in [-0.2, -0.15) is 0 Å². The molecule has 2 heterocycles. The van der Waals surface area contributed by atoms with Crippen molar-refractivity contribution in [1.82, 2.24) is 0 Å². The summed E-state index contributed by atoms with van der Waals surface area (Å²) in [5.74, 6) is 0. The Balaban J connectivity index is 1.16. The van der Waals surface area contributed by atoms with Gasteiger partial charge in [-0.05, 0) is 102 Å². The summed E-state index contributed by atoms with van der Waals surface area (Å²) in [6, 6.07) is 93.4. The highest BCUT2D eigenvalue weighted by atomic mass is 31.1. The van der Waals surface area contributed by atoms with Crippen molar-refractivity contribution in [3.8, 4) is 0 Å². The third kappa shape index (κ3) is 5.65. The fourth-order valence-corrected chi connectivity index (χ4v) is 23.3. The SMILES string of the molecule is c1ccc(P(c2cccc3ccccc23)C2c3ccccc3[Si]3(c4ccccc42)c2ccccc2C(P(c2ccccc2)c2cccc4ccccc24)c2ccccc23)cc1. The number of hydrogen-bond acceptors (Lipinski definition) is 0. The van der Waals surface area contributed by atoms with E-state index in [1.54, 1.807) is 0 Å². The van der Waals surface area contributed by atoms with Gasteiger partial charge >= 0.3 is 0 Å². The standard InChI is InChI=1S/C58H42P2Si/c1-3-25-43(26-4-1)59(51-35-19-23-41-21-7-9-29-45(41)51)57-47-31-11-15-37-53(47)61(54-38-16-12-32-48(54)57)55-39-17-13-33-49(55)58(50-34-14-18-40-56(50)61)60(44-27-5-2-6-28-44)52-36-20-24-42-22-8-10-30-46(42)52/h1-40,57-58H. The fourth-order valence-electron chi connectivity index (χ4n) is 10.9. The summed E-state index contributed by atoms with van der Waals surface area (Å²) >= 11 is 0. The van der Waals surface area contributed by atoms with Crippen LogP contribution in [0.15, 0.2) is 243 Å². The van der Waals surface area contributed by atoms with Crippen LogP contribution in [0.1, 0.15) is 33.6 Å². The van der Waals surface area contributed by atoms with Crippen molar-refractivity contribution in [1.29, 1.82) is 0 Å². The largest absolute Gasteiger partial charge is 0.180 e. The van der Waals surface area contributed by atoms with Gasteiger partial charge in [-0.15, -0.1) is 0 Å².